The third-order valence-electron chi connectivity index (χ3n) is 3.14. The first-order chi connectivity index (χ1) is 9.54. The van der Waals surface area contributed by atoms with Crippen molar-refractivity contribution in [2.75, 3.05) is 0 Å². The summed E-state index contributed by atoms with van der Waals surface area (Å²) in [5, 5.41) is 9.26. The molecular weight excluding hydrogens is 262 g/mol. The second-order valence-electron chi connectivity index (χ2n) is 4.70. The standard InChI is InChI=1S/C16H14F2O2/c17-14-5-1-11(2-6-14)9-13(16(19)20)10-12-3-7-15(18)8-4-12/h1-8,13H,9-10H2,(H,19,20). The van der Waals surface area contributed by atoms with Gasteiger partial charge in [-0.25, -0.2) is 8.78 Å². The first kappa shape index (κ1) is 14.2. The number of carboxylic acids is 1. The Balaban J connectivity index is 2.09. The molecular formula is C16H14F2O2. The van der Waals surface area contributed by atoms with Crippen LogP contribution in [-0.2, 0) is 17.6 Å². The van der Waals surface area contributed by atoms with E-state index >= 15 is 0 Å². The largest absolute Gasteiger partial charge is 0.481 e. The molecule has 0 bridgehead atoms. The normalized spacial score (nSPS) is 10.8. The van der Waals surface area contributed by atoms with Crippen LogP contribution in [0.1, 0.15) is 11.1 Å². The molecule has 20 heavy (non-hydrogen) atoms. The molecule has 0 aliphatic carbocycles. The fourth-order valence-corrected chi connectivity index (χ4v) is 2.06. The van der Waals surface area contributed by atoms with Gasteiger partial charge in [0.15, 0.2) is 0 Å². The predicted octanol–water partition coefficient (Wildman–Crippen LogP) is 3.45. The van der Waals surface area contributed by atoms with E-state index in [1.165, 1.54) is 24.3 Å². The molecule has 4 heteroatoms. The molecule has 0 aliphatic rings. The van der Waals surface area contributed by atoms with Crippen LogP contribution in [0.5, 0.6) is 0 Å². The lowest BCUT2D eigenvalue weighted by Gasteiger charge is -2.12. The van der Waals surface area contributed by atoms with E-state index in [0.29, 0.717) is 12.8 Å². The van der Waals surface area contributed by atoms with E-state index in [1.807, 2.05) is 0 Å². The van der Waals surface area contributed by atoms with Gasteiger partial charge in [-0.1, -0.05) is 24.3 Å². The summed E-state index contributed by atoms with van der Waals surface area (Å²) >= 11 is 0. The van der Waals surface area contributed by atoms with Gasteiger partial charge in [0.1, 0.15) is 11.6 Å². The summed E-state index contributed by atoms with van der Waals surface area (Å²) in [6.45, 7) is 0. The van der Waals surface area contributed by atoms with Crippen molar-refractivity contribution in [3.05, 3.63) is 71.3 Å². The van der Waals surface area contributed by atoms with Crippen LogP contribution in [0.25, 0.3) is 0 Å². The maximum absolute atomic E-state index is 12.8. The number of benzene rings is 2. The molecule has 0 fully saturated rings. The van der Waals surface area contributed by atoms with Crippen LogP contribution in [0.15, 0.2) is 48.5 Å². The van der Waals surface area contributed by atoms with E-state index in [0.717, 1.165) is 11.1 Å². The lowest BCUT2D eigenvalue weighted by atomic mass is 9.92. The molecule has 0 aliphatic heterocycles. The van der Waals surface area contributed by atoms with Gasteiger partial charge in [0, 0.05) is 0 Å². The summed E-state index contributed by atoms with van der Waals surface area (Å²) < 4.78 is 25.6. The molecule has 0 saturated carbocycles. The topological polar surface area (TPSA) is 37.3 Å². The molecule has 0 heterocycles. The summed E-state index contributed by atoms with van der Waals surface area (Å²) in [6.07, 6.45) is 0.625. The molecule has 0 spiro atoms. The first-order valence-corrected chi connectivity index (χ1v) is 6.26. The van der Waals surface area contributed by atoms with Gasteiger partial charge in [0.25, 0.3) is 0 Å². The van der Waals surface area contributed by atoms with Gasteiger partial charge in [-0.05, 0) is 48.2 Å². The Labute approximate surface area is 115 Å². The number of hydrogen-bond donors (Lipinski definition) is 1. The quantitative estimate of drug-likeness (QED) is 0.908. The molecule has 0 atom stereocenters. The average molecular weight is 276 g/mol. The number of carbonyl (C=O) groups is 1. The van der Waals surface area contributed by atoms with Crippen LogP contribution in [0.4, 0.5) is 8.78 Å². The molecule has 0 aromatic heterocycles. The van der Waals surface area contributed by atoms with Gasteiger partial charge in [-0.2, -0.15) is 0 Å². The molecule has 0 amide bonds. The Morgan fingerprint density at radius 2 is 1.20 bits per heavy atom. The van der Waals surface area contributed by atoms with Crippen molar-refractivity contribution in [3.63, 3.8) is 0 Å². The lowest BCUT2D eigenvalue weighted by molar-refractivity contribution is -0.141. The van der Waals surface area contributed by atoms with E-state index in [2.05, 4.69) is 0 Å². The van der Waals surface area contributed by atoms with E-state index in [1.54, 1.807) is 24.3 Å². The van der Waals surface area contributed by atoms with Crippen molar-refractivity contribution in [2.45, 2.75) is 12.8 Å². The van der Waals surface area contributed by atoms with Gasteiger partial charge in [-0.3, -0.25) is 4.79 Å². The van der Waals surface area contributed by atoms with Crippen molar-refractivity contribution in [2.24, 2.45) is 5.92 Å². The molecule has 0 radical (unpaired) electrons. The highest BCUT2D eigenvalue weighted by atomic mass is 19.1. The molecule has 2 nitrogen and oxygen atoms in total. The maximum atomic E-state index is 12.8. The molecule has 2 aromatic rings. The smallest absolute Gasteiger partial charge is 0.307 e. The Morgan fingerprint density at radius 1 is 0.850 bits per heavy atom. The third kappa shape index (κ3) is 3.88. The monoisotopic (exact) mass is 276 g/mol. The molecule has 2 rings (SSSR count). The third-order valence-corrected chi connectivity index (χ3v) is 3.14. The fraction of sp³-hybridized carbons (Fsp3) is 0.188. The van der Waals surface area contributed by atoms with E-state index in [-0.39, 0.29) is 11.6 Å². The Bertz CT molecular complexity index is 529. The van der Waals surface area contributed by atoms with Gasteiger partial charge < -0.3 is 5.11 Å². The predicted molar refractivity (Wildman–Crippen MR) is 71.3 cm³/mol. The van der Waals surface area contributed by atoms with Crippen molar-refractivity contribution in [1.82, 2.24) is 0 Å². The zero-order valence-electron chi connectivity index (χ0n) is 10.7. The minimum absolute atomic E-state index is 0.312. The Kier molecular flexibility index (Phi) is 4.45. The molecule has 104 valence electrons. The van der Waals surface area contributed by atoms with Crippen LogP contribution < -0.4 is 0 Å². The minimum Gasteiger partial charge on any atom is -0.481 e. The Hall–Kier alpha value is -2.23. The van der Waals surface area contributed by atoms with Crippen molar-refractivity contribution < 1.29 is 18.7 Å². The maximum Gasteiger partial charge on any atom is 0.307 e. The average Bonchev–Trinajstić information content (AvgIpc) is 2.42. The first-order valence-electron chi connectivity index (χ1n) is 6.26. The van der Waals surface area contributed by atoms with E-state index < -0.39 is 11.9 Å². The SMILES string of the molecule is O=C(O)C(Cc1ccc(F)cc1)Cc1ccc(F)cc1. The van der Waals surface area contributed by atoms with Crippen molar-refractivity contribution >= 4 is 5.97 Å². The molecule has 0 unspecified atom stereocenters. The number of halogens is 2. The molecule has 1 N–H and O–H groups in total. The van der Waals surface area contributed by atoms with Gasteiger partial charge in [0.05, 0.1) is 5.92 Å². The molecule has 0 saturated heterocycles. The molecule has 2 aromatic carbocycles. The van der Waals surface area contributed by atoms with Gasteiger partial charge in [0.2, 0.25) is 0 Å². The second kappa shape index (κ2) is 6.28. The highest BCUT2D eigenvalue weighted by molar-refractivity contribution is 5.70. The van der Waals surface area contributed by atoms with Crippen LogP contribution in [0, 0.1) is 17.6 Å². The highest BCUT2D eigenvalue weighted by Crippen LogP contribution is 2.16. The Morgan fingerprint density at radius 3 is 1.50 bits per heavy atom. The number of aliphatic carboxylic acids is 1. The van der Waals surface area contributed by atoms with Crippen molar-refractivity contribution in [3.8, 4) is 0 Å². The van der Waals surface area contributed by atoms with E-state index in [4.69, 9.17) is 0 Å². The number of hydrogen-bond acceptors (Lipinski definition) is 1. The summed E-state index contributed by atoms with van der Waals surface area (Å²) in [5.41, 5.74) is 1.53. The van der Waals surface area contributed by atoms with Crippen LogP contribution in [0.2, 0.25) is 0 Å². The highest BCUT2D eigenvalue weighted by Gasteiger charge is 2.18. The summed E-state index contributed by atoms with van der Waals surface area (Å²) in [7, 11) is 0. The number of carboxylic acid groups (broad SMARTS) is 1. The van der Waals surface area contributed by atoms with Crippen LogP contribution in [-0.4, -0.2) is 11.1 Å². The van der Waals surface area contributed by atoms with Crippen molar-refractivity contribution in [1.29, 1.82) is 0 Å². The second-order valence-corrected chi connectivity index (χ2v) is 4.70. The zero-order chi connectivity index (χ0) is 14.5. The summed E-state index contributed by atoms with van der Waals surface area (Å²) in [6, 6.07) is 11.6. The van der Waals surface area contributed by atoms with Gasteiger partial charge >= 0.3 is 5.97 Å². The van der Waals surface area contributed by atoms with Crippen LogP contribution in [0.3, 0.4) is 0 Å². The van der Waals surface area contributed by atoms with Gasteiger partial charge in [-0.15, -0.1) is 0 Å². The fourth-order valence-electron chi connectivity index (χ4n) is 2.06. The summed E-state index contributed by atoms with van der Waals surface area (Å²) in [5.74, 6) is -2.23. The lowest BCUT2D eigenvalue weighted by Crippen LogP contribution is -2.19. The minimum atomic E-state index is -0.918. The number of rotatable bonds is 5. The summed E-state index contributed by atoms with van der Waals surface area (Å²) in [4.78, 5) is 11.3. The zero-order valence-corrected chi connectivity index (χ0v) is 10.7. The van der Waals surface area contributed by atoms with E-state index in [9.17, 15) is 18.7 Å². The van der Waals surface area contributed by atoms with Crippen LogP contribution >= 0.6 is 0 Å².